The van der Waals surface area contributed by atoms with Crippen LogP contribution in [-0.2, 0) is 0 Å². The molecule has 1 saturated heterocycles. The van der Waals surface area contributed by atoms with Crippen LogP contribution < -0.4 is 14.8 Å². The normalized spacial score (nSPS) is 14.9. The van der Waals surface area contributed by atoms with Crippen LogP contribution in [0.3, 0.4) is 0 Å². The highest BCUT2D eigenvalue weighted by Crippen LogP contribution is 2.29. The van der Waals surface area contributed by atoms with E-state index in [0.29, 0.717) is 43.2 Å². The van der Waals surface area contributed by atoms with Gasteiger partial charge in [0.05, 0.1) is 14.2 Å². The fourth-order valence-corrected chi connectivity index (χ4v) is 2.73. The molecule has 7 heteroatoms. The Bertz CT molecular complexity index is 609. The van der Waals surface area contributed by atoms with Crippen LogP contribution in [0, 0.1) is 0 Å². The summed E-state index contributed by atoms with van der Waals surface area (Å²) in [5.74, 6) is 0.819. The van der Waals surface area contributed by atoms with Crippen molar-refractivity contribution in [1.29, 1.82) is 0 Å². The van der Waals surface area contributed by atoms with Crippen molar-refractivity contribution in [1.82, 2.24) is 15.1 Å². The van der Waals surface area contributed by atoms with E-state index >= 15 is 0 Å². The second kappa shape index (κ2) is 7.63. The van der Waals surface area contributed by atoms with E-state index in [4.69, 9.17) is 9.47 Å². The maximum absolute atomic E-state index is 12.9. The molecule has 1 N–H and O–H groups in total. The van der Waals surface area contributed by atoms with E-state index in [0.717, 1.165) is 0 Å². The van der Waals surface area contributed by atoms with Crippen LogP contribution in [0.15, 0.2) is 18.2 Å². The summed E-state index contributed by atoms with van der Waals surface area (Å²) in [5, 5.41) is 2.94. The number of piperazine rings is 1. The van der Waals surface area contributed by atoms with Crippen LogP contribution in [0.5, 0.6) is 11.5 Å². The zero-order valence-electron chi connectivity index (χ0n) is 15.6. The first-order valence-corrected chi connectivity index (χ1v) is 8.34. The first-order chi connectivity index (χ1) is 11.8. The first kappa shape index (κ1) is 18.9. The molecule has 0 bridgehead atoms. The lowest BCUT2D eigenvalue weighted by Gasteiger charge is -2.36. The van der Waals surface area contributed by atoms with Crippen molar-refractivity contribution in [3.63, 3.8) is 0 Å². The van der Waals surface area contributed by atoms with Crippen molar-refractivity contribution >= 4 is 11.9 Å². The number of amides is 3. The van der Waals surface area contributed by atoms with E-state index in [-0.39, 0.29) is 17.5 Å². The lowest BCUT2D eigenvalue weighted by atomic mass is 10.1. The molecule has 1 heterocycles. The number of carbonyl (C=O) groups is 2. The van der Waals surface area contributed by atoms with E-state index in [1.807, 2.05) is 20.8 Å². The number of nitrogens with zero attached hydrogens (tertiary/aromatic N) is 2. The highest BCUT2D eigenvalue weighted by molar-refractivity contribution is 5.99. The Hall–Kier alpha value is -2.44. The van der Waals surface area contributed by atoms with Crippen molar-refractivity contribution in [2.75, 3.05) is 40.4 Å². The Balaban J connectivity index is 2.06. The maximum Gasteiger partial charge on any atom is 0.317 e. The Kier molecular flexibility index (Phi) is 5.77. The summed E-state index contributed by atoms with van der Waals surface area (Å²) in [6.45, 7) is 7.75. The Morgan fingerprint density at radius 1 is 0.960 bits per heavy atom. The summed E-state index contributed by atoms with van der Waals surface area (Å²) in [7, 11) is 3.06. The lowest BCUT2D eigenvalue weighted by Crippen LogP contribution is -2.56. The Morgan fingerprint density at radius 2 is 1.44 bits per heavy atom. The molecule has 1 aromatic carbocycles. The van der Waals surface area contributed by atoms with Gasteiger partial charge in [0.2, 0.25) is 0 Å². The Labute approximate surface area is 148 Å². The monoisotopic (exact) mass is 349 g/mol. The van der Waals surface area contributed by atoms with Crippen LogP contribution in [0.4, 0.5) is 4.79 Å². The fourth-order valence-electron chi connectivity index (χ4n) is 2.73. The van der Waals surface area contributed by atoms with Gasteiger partial charge in [-0.1, -0.05) is 6.07 Å². The van der Waals surface area contributed by atoms with Crippen molar-refractivity contribution in [2.24, 2.45) is 0 Å². The van der Waals surface area contributed by atoms with E-state index in [2.05, 4.69) is 5.32 Å². The standard InChI is InChI=1S/C18H27N3O4/c1-18(2,3)19-17(23)21-11-9-20(10-12-21)16(22)15-13(24-4)7-6-8-14(15)25-5/h6-8H,9-12H2,1-5H3,(H,19,23). The third-order valence-corrected chi connectivity index (χ3v) is 3.98. The van der Waals surface area contributed by atoms with Crippen molar-refractivity contribution in [3.05, 3.63) is 23.8 Å². The average molecular weight is 349 g/mol. The summed E-state index contributed by atoms with van der Waals surface area (Å²) >= 11 is 0. The highest BCUT2D eigenvalue weighted by Gasteiger charge is 2.29. The molecule has 0 saturated carbocycles. The molecule has 1 aliphatic heterocycles. The van der Waals surface area contributed by atoms with E-state index in [1.54, 1.807) is 28.0 Å². The number of carbonyl (C=O) groups excluding carboxylic acids is 2. The Morgan fingerprint density at radius 3 is 1.88 bits per heavy atom. The minimum absolute atomic E-state index is 0.102. The number of hydrogen-bond donors (Lipinski definition) is 1. The number of nitrogens with one attached hydrogen (secondary N) is 1. The first-order valence-electron chi connectivity index (χ1n) is 8.34. The molecule has 0 aliphatic carbocycles. The summed E-state index contributed by atoms with van der Waals surface area (Å²) < 4.78 is 10.6. The third kappa shape index (κ3) is 4.55. The van der Waals surface area contributed by atoms with Crippen LogP contribution in [0.1, 0.15) is 31.1 Å². The second-order valence-electron chi connectivity index (χ2n) is 7.00. The molecule has 2 rings (SSSR count). The second-order valence-corrected chi connectivity index (χ2v) is 7.00. The number of rotatable bonds is 3. The van der Waals surface area contributed by atoms with Gasteiger partial charge in [0.25, 0.3) is 5.91 Å². The summed E-state index contributed by atoms with van der Waals surface area (Å²) in [5.41, 5.74) is 0.134. The molecule has 1 fully saturated rings. The summed E-state index contributed by atoms with van der Waals surface area (Å²) in [6.07, 6.45) is 0. The van der Waals surface area contributed by atoms with Crippen LogP contribution in [-0.4, -0.2) is 67.7 Å². The SMILES string of the molecule is COc1cccc(OC)c1C(=O)N1CCN(C(=O)NC(C)(C)C)CC1. The molecule has 138 valence electrons. The molecule has 1 aliphatic rings. The van der Waals surface area contributed by atoms with Gasteiger partial charge in [-0.3, -0.25) is 4.79 Å². The van der Waals surface area contributed by atoms with Crippen molar-refractivity contribution in [3.8, 4) is 11.5 Å². The quantitative estimate of drug-likeness (QED) is 0.906. The van der Waals surface area contributed by atoms with Gasteiger partial charge >= 0.3 is 6.03 Å². The van der Waals surface area contributed by atoms with E-state index < -0.39 is 0 Å². The highest BCUT2D eigenvalue weighted by atomic mass is 16.5. The molecule has 0 atom stereocenters. The molecule has 3 amide bonds. The third-order valence-electron chi connectivity index (χ3n) is 3.98. The van der Waals surface area contributed by atoms with Gasteiger partial charge in [0.1, 0.15) is 17.1 Å². The van der Waals surface area contributed by atoms with Gasteiger partial charge < -0.3 is 24.6 Å². The molecule has 1 aromatic rings. The summed E-state index contributed by atoms with van der Waals surface area (Å²) in [4.78, 5) is 28.6. The number of benzene rings is 1. The van der Waals surface area contributed by atoms with Crippen molar-refractivity contribution < 1.29 is 19.1 Å². The largest absolute Gasteiger partial charge is 0.496 e. The zero-order valence-corrected chi connectivity index (χ0v) is 15.6. The lowest BCUT2D eigenvalue weighted by molar-refractivity contribution is 0.0654. The predicted molar refractivity (Wildman–Crippen MR) is 95.3 cm³/mol. The molecule has 25 heavy (non-hydrogen) atoms. The zero-order chi connectivity index (χ0) is 18.6. The number of hydrogen-bond acceptors (Lipinski definition) is 4. The maximum atomic E-state index is 12.9. The minimum atomic E-state index is -0.283. The van der Waals surface area contributed by atoms with Gasteiger partial charge in [-0.2, -0.15) is 0 Å². The average Bonchev–Trinajstić information content (AvgIpc) is 2.59. The van der Waals surface area contributed by atoms with Crippen LogP contribution >= 0.6 is 0 Å². The predicted octanol–water partition coefficient (Wildman–Crippen LogP) is 1.97. The van der Waals surface area contributed by atoms with Gasteiger partial charge in [0, 0.05) is 31.7 Å². The minimum Gasteiger partial charge on any atom is -0.496 e. The van der Waals surface area contributed by atoms with E-state index in [9.17, 15) is 9.59 Å². The van der Waals surface area contributed by atoms with Gasteiger partial charge in [-0.05, 0) is 32.9 Å². The van der Waals surface area contributed by atoms with Gasteiger partial charge in [-0.25, -0.2) is 4.79 Å². The fraction of sp³-hybridized carbons (Fsp3) is 0.556. The smallest absolute Gasteiger partial charge is 0.317 e. The van der Waals surface area contributed by atoms with Crippen LogP contribution in [0.2, 0.25) is 0 Å². The molecule has 7 nitrogen and oxygen atoms in total. The molecule has 0 spiro atoms. The van der Waals surface area contributed by atoms with Gasteiger partial charge in [-0.15, -0.1) is 0 Å². The molecule has 0 unspecified atom stereocenters. The molecular formula is C18H27N3O4. The number of methoxy groups -OCH3 is 2. The number of ether oxygens (including phenoxy) is 2. The van der Waals surface area contributed by atoms with Crippen molar-refractivity contribution in [2.45, 2.75) is 26.3 Å². The van der Waals surface area contributed by atoms with E-state index in [1.165, 1.54) is 14.2 Å². The topological polar surface area (TPSA) is 71.1 Å². The molecule has 0 aromatic heterocycles. The summed E-state index contributed by atoms with van der Waals surface area (Å²) in [6, 6.07) is 5.16. The molecule has 0 radical (unpaired) electrons. The van der Waals surface area contributed by atoms with Gasteiger partial charge in [0.15, 0.2) is 0 Å². The molecular weight excluding hydrogens is 322 g/mol. The number of urea groups is 1. The van der Waals surface area contributed by atoms with Crippen LogP contribution in [0.25, 0.3) is 0 Å².